The average Bonchev–Trinajstić information content (AvgIpc) is 2.38. The Kier molecular flexibility index (Phi) is 6.49. The zero-order valence-corrected chi connectivity index (χ0v) is 12.8. The van der Waals surface area contributed by atoms with Crippen LogP contribution < -0.4 is 0 Å². The first-order chi connectivity index (χ1) is 8.99. The average molecular weight is 265 g/mol. The highest BCUT2D eigenvalue weighted by atomic mass is 16.5. The van der Waals surface area contributed by atoms with E-state index in [0.717, 1.165) is 17.7 Å². The highest BCUT2D eigenvalue weighted by molar-refractivity contribution is 5.32. The van der Waals surface area contributed by atoms with Gasteiger partial charge >= 0.3 is 0 Å². The first-order valence-electron chi connectivity index (χ1n) is 6.97. The van der Waals surface area contributed by atoms with Crippen LogP contribution in [0, 0.1) is 13.8 Å². The fraction of sp³-hybridized carbons (Fsp3) is 0.625. The molecule has 0 amide bonds. The van der Waals surface area contributed by atoms with Gasteiger partial charge in [0, 0.05) is 19.7 Å². The number of aliphatic hydroxyl groups is 1. The summed E-state index contributed by atoms with van der Waals surface area (Å²) < 4.78 is 5.19. The van der Waals surface area contributed by atoms with Crippen molar-refractivity contribution in [2.24, 2.45) is 0 Å². The third-order valence-electron chi connectivity index (χ3n) is 3.64. The predicted molar refractivity (Wildman–Crippen MR) is 79.5 cm³/mol. The van der Waals surface area contributed by atoms with Crippen molar-refractivity contribution < 1.29 is 9.84 Å². The first-order valence-corrected chi connectivity index (χ1v) is 6.97. The summed E-state index contributed by atoms with van der Waals surface area (Å²) in [6, 6.07) is 6.55. The first kappa shape index (κ1) is 16.2. The largest absolute Gasteiger partial charge is 0.387 e. The van der Waals surface area contributed by atoms with Crippen LogP contribution in [0.2, 0.25) is 0 Å². The van der Waals surface area contributed by atoms with E-state index in [1.54, 1.807) is 7.11 Å². The Balaban J connectivity index is 2.76. The number of rotatable bonds is 7. The molecule has 0 aliphatic rings. The number of nitrogens with zero attached hydrogens (tertiary/aromatic N) is 1. The molecule has 0 bridgehead atoms. The molecule has 19 heavy (non-hydrogen) atoms. The lowest BCUT2D eigenvalue weighted by Gasteiger charge is -2.30. The Morgan fingerprint density at radius 1 is 1.32 bits per heavy atom. The molecule has 2 unspecified atom stereocenters. The lowest BCUT2D eigenvalue weighted by atomic mass is 10.00. The summed E-state index contributed by atoms with van der Waals surface area (Å²) in [5, 5.41) is 10.5. The van der Waals surface area contributed by atoms with E-state index in [4.69, 9.17) is 4.74 Å². The summed E-state index contributed by atoms with van der Waals surface area (Å²) in [7, 11) is 1.71. The standard InChI is InChI=1S/C16H27NO2/c1-6-17(14(4)11-19-5)10-16(18)15-9-12(2)7-8-13(15)3/h7-9,14,16,18H,6,10-11H2,1-5H3. The van der Waals surface area contributed by atoms with E-state index in [-0.39, 0.29) is 0 Å². The summed E-state index contributed by atoms with van der Waals surface area (Å²) in [6.45, 7) is 10.6. The van der Waals surface area contributed by atoms with Gasteiger partial charge in [0.15, 0.2) is 0 Å². The molecule has 0 aliphatic heterocycles. The molecule has 0 fully saturated rings. The van der Waals surface area contributed by atoms with Gasteiger partial charge in [-0.1, -0.05) is 30.7 Å². The molecule has 2 atom stereocenters. The van der Waals surface area contributed by atoms with Crippen molar-refractivity contribution in [3.05, 3.63) is 34.9 Å². The van der Waals surface area contributed by atoms with Gasteiger partial charge in [-0.2, -0.15) is 0 Å². The van der Waals surface area contributed by atoms with E-state index in [9.17, 15) is 5.11 Å². The lowest BCUT2D eigenvalue weighted by Crippen LogP contribution is -2.39. The number of hydrogen-bond acceptors (Lipinski definition) is 3. The Labute approximate surface area is 117 Å². The number of hydrogen-bond donors (Lipinski definition) is 1. The highest BCUT2D eigenvalue weighted by Crippen LogP contribution is 2.21. The molecule has 3 nitrogen and oxygen atoms in total. The van der Waals surface area contributed by atoms with Crippen molar-refractivity contribution in [1.29, 1.82) is 0 Å². The van der Waals surface area contributed by atoms with Gasteiger partial charge in [-0.05, 0) is 38.4 Å². The molecular formula is C16H27NO2. The van der Waals surface area contributed by atoms with Crippen molar-refractivity contribution in [2.75, 3.05) is 26.8 Å². The van der Waals surface area contributed by atoms with Gasteiger partial charge in [0.25, 0.3) is 0 Å². The van der Waals surface area contributed by atoms with E-state index in [2.05, 4.69) is 43.9 Å². The van der Waals surface area contributed by atoms with Crippen LogP contribution in [-0.4, -0.2) is 42.9 Å². The molecule has 1 aromatic carbocycles. The molecule has 1 aromatic rings. The molecule has 0 aliphatic carbocycles. The fourth-order valence-corrected chi connectivity index (χ4v) is 2.41. The zero-order chi connectivity index (χ0) is 14.4. The number of methoxy groups -OCH3 is 1. The maximum absolute atomic E-state index is 10.5. The van der Waals surface area contributed by atoms with E-state index in [0.29, 0.717) is 19.2 Å². The van der Waals surface area contributed by atoms with Crippen LogP contribution in [0.3, 0.4) is 0 Å². The van der Waals surface area contributed by atoms with Gasteiger partial charge in [-0.25, -0.2) is 0 Å². The van der Waals surface area contributed by atoms with Gasteiger partial charge in [0.2, 0.25) is 0 Å². The monoisotopic (exact) mass is 265 g/mol. The summed E-state index contributed by atoms with van der Waals surface area (Å²) >= 11 is 0. The second-order valence-corrected chi connectivity index (χ2v) is 5.27. The Morgan fingerprint density at radius 2 is 2.00 bits per heavy atom. The normalized spacial score (nSPS) is 14.7. The van der Waals surface area contributed by atoms with Crippen LogP contribution in [0.1, 0.15) is 36.6 Å². The minimum Gasteiger partial charge on any atom is -0.387 e. The molecule has 108 valence electrons. The molecule has 0 heterocycles. The summed E-state index contributed by atoms with van der Waals surface area (Å²) in [6.07, 6.45) is -0.445. The minimum atomic E-state index is -0.445. The van der Waals surface area contributed by atoms with Gasteiger partial charge in [-0.3, -0.25) is 4.90 Å². The molecule has 0 saturated heterocycles. The summed E-state index contributed by atoms with van der Waals surface area (Å²) in [5.74, 6) is 0. The van der Waals surface area contributed by atoms with Crippen molar-refractivity contribution in [3.63, 3.8) is 0 Å². The van der Waals surface area contributed by atoms with Crippen molar-refractivity contribution in [3.8, 4) is 0 Å². The van der Waals surface area contributed by atoms with Crippen LogP contribution in [0.25, 0.3) is 0 Å². The molecular weight excluding hydrogens is 238 g/mol. The molecule has 0 radical (unpaired) electrons. The topological polar surface area (TPSA) is 32.7 Å². The molecule has 1 rings (SSSR count). The molecule has 3 heteroatoms. The minimum absolute atomic E-state index is 0.315. The maximum Gasteiger partial charge on any atom is 0.0919 e. The van der Waals surface area contributed by atoms with Gasteiger partial charge in [0.05, 0.1) is 12.7 Å². The second kappa shape index (κ2) is 7.63. The molecule has 0 saturated carbocycles. The third-order valence-corrected chi connectivity index (χ3v) is 3.64. The number of aliphatic hydroxyl groups excluding tert-OH is 1. The predicted octanol–water partition coefficient (Wildman–Crippen LogP) is 2.69. The summed E-state index contributed by atoms with van der Waals surface area (Å²) in [4.78, 5) is 2.25. The Morgan fingerprint density at radius 3 is 2.58 bits per heavy atom. The molecule has 0 aromatic heterocycles. The molecule has 1 N–H and O–H groups in total. The van der Waals surface area contributed by atoms with Gasteiger partial charge in [-0.15, -0.1) is 0 Å². The van der Waals surface area contributed by atoms with Gasteiger partial charge < -0.3 is 9.84 Å². The number of benzene rings is 1. The smallest absolute Gasteiger partial charge is 0.0919 e. The zero-order valence-electron chi connectivity index (χ0n) is 12.8. The van der Waals surface area contributed by atoms with Gasteiger partial charge in [0.1, 0.15) is 0 Å². The lowest BCUT2D eigenvalue weighted by molar-refractivity contribution is 0.0579. The Hall–Kier alpha value is -0.900. The second-order valence-electron chi connectivity index (χ2n) is 5.27. The number of likely N-dealkylation sites (N-methyl/N-ethyl adjacent to an activating group) is 1. The van der Waals surface area contributed by atoms with Crippen molar-refractivity contribution in [1.82, 2.24) is 4.90 Å². The van der Waals surface area contributed by atoms with Crippen LogP contribution in [0.15, 0.2) is 18.2 Å². The fourth-order valence-electron chi connectivity index (χ4n) is 2.41. The van der Waals surface area contributed by atoms with E-state index >= 15 is 0 Å². The maximum atomic E-state index is 10.5. The van der Waals surface area contributed by atoms with Crippen LogP contribution in [0.5, 0.6) is 0 Å². The third kappa shape index (κ3) is 4.60. The van der Waals surface area contributed by atoms with E-state index < -0.39 is 6.10 Å². The SMILES string of the molecule is CCN(CC(O)c1cc(C)ccc1C)C(C)COC. The van der Waals surface area contributed by atoms with Crippen molar-refractivity contribution >= 4 is 0 Å². The summed E-state index contributed by atoms with van der Waals surface area (Å²) in [5.41, 5.74) is 3.37. The van der Waals surface area contributed by atoms with Crippen LogP contribution >= 0.6 is 0 Å². The quantitative estimate of drug-likeness (QED) is 0.823. The molecule has 0 spiro atoms. The number of aryl methyl sites for hydroxylation is 2. The highest BCUT2D eigenvalue weighted by Gasteiger charge is 2.18. The van der Waals surface area contributed by atoms with Crippen molar-refractivity contribution in [2.45, 2.75) is 39.8 Å². The van der Waals surface area contributed by atoms with E-state index in [1.165, 1.54) is 5.56 Å². The number of ether oxygens (including phenoxy) is 1. The van der Waals surface area contributed by atoms with E-state index in [1.807, 2.05) is 6.92 Å². The van der Waals surface area contributed by atoms with Crippen LogP contribution in [-0.2, 0) is 4.74 Å². The van der Waals surface area contributed by atoms with Crippen LogP contribution in [0.4, 0.5) is 0 Å². The Bertz CT molecular complexity index is 392.